The molecule has 0 saturated heterocycles. The largest absolute Gasteiger partial charge is 0.471 e. The van der Waals surface area contributed by atoms with Crippen molar-refractivity contribution in [2.45, 2.75) is 6.61 Å². The highest BCUT2D eigenvalue weighted by molar-refractivity contribution is 5.14. The van der Waals surface area contributed by atoms with Gasteiger partial charge < -0.3 is 4.74 Å². The molecular weight excluding hydrogens is 180 g/mol. The standard InChI is InChI=1S/C9H8N4O/c1-2-4-8(5-3-1)7-14-9-6-10-12-13-11-9/h1-6H,7H2. The Balaban J connectivity index is 1.96. The molecule has 2 rings (SSSR count). The Hall–Kier alpha value is -2.04. The van der Waals surface area contributed by atoms with E-state index in [2.05, 4.69) is 20.6 Å². The Kier molecular flexibility index (Phi) is 2.61. The molecule has 0 atom stereocenters. The lowest BCUT2D eigenvalue weighted by Crippen LogP contribution is -1.99. The first-order chi connectivity index (χ1) is 6.95. The summed E-state index contributed by atoms with van der Waals surface area (Å²) < 4.78 is 5.32. The zero-order valence-corrected chi connectivity index (χ0v) is 7.37. The Morgan fingerprint density at radius 1 is 1.07 bits per heavy atom. The van der Waals surface area contributed by atoms with Crippen LogP contribution in [0, 0.1) is 0 Å². The third-order valence-electron chi connectivity index (χ3n) is 1.63. The van der Waals surface area contributed by atoms with E-state index in [1.807, 2.05) is 30.3 Å². The fourth-order valence-electron chi connectivity index (χ4n) is 0.986. The summed E-state index contributed by atoms with van der Waals surface area (Å²) in [7, 11) is 0. The van der Waals surface area contributed by atoms with Crippen molar-refractivity contribution in [2.24, 2.45) is 0 Å². The monoisotopic (exact) mass is 188 g/mol. The summed E-state index contributed by atoms with van der Waals surface area (Å²) in [4.78, 5) is 0. The van der Waals surface area contributed by atoms with Gasteiger partial charge in [-0.15, -0.1) is 5.10 Å². The zero-order chi connectivity index (χ0) is 9.64. The van der Waals surface area contributed by atoms with Gasteiger partial charge in [0.15, 0.2) is 0 Å². The highest BCUT2D eigenvalue weighted by Gasteiger charge is 1.96. The van der Waals surface area contributed by atoms with Crippen LogP contribution in [0.3, 0.4) is 0 Å². The summed E-state index contributed by atoms with van der Waals surface area (Å²) in [6, 6.07) is 9.81. The van der Waals surface area contributed by atoms with Crippen LogP contribution in [-0.4, -0.2) is 20.6 Å². The average molecular weight is 188 g/mol. The van der Waals surface area contributed by atoms with Crippen molar-refractivity contribution in [3.05, 3.63) is 42.1 Å². The molecule has 1 heterocycles. The van der Waals surface area contributed by atoms with E-state index in [9.17, 15) is 0 Å². The van der Waals surface area contributed by atoms with Gasteiger partial charge in [0.1, 0.15) is 12.8 Å². The minimum absolute atomic E-state index is 0.379. The topological polar surface area (TPSA) is 60.8 Å². The number of aromatic nitrogens is 4. The number of benzene rings is 1. The molecule has 0 aliphatic heterocycles. The number of ether oxygens (including phenoxy) is 1. The number of nitrogens with zero attached hydrogens (tertiary/aromatic N) is 4. The predicted molar refractivity (Wildman–Crippen MR) is 48.4 cm³/mol. The minimum Gasteiger partial charge on any atom is -0.471 e. The Morgan fingerprint density at radius 2 is 1.93 bits per heavy atom. The SMILES string of the molecule is c1ccc(COc2cnnnn2)cc1. The van der Waals surface area contributed by atoms with Gasteiger partial charge in [0.25, 0.3) is 5.88 Å². The van der Waals surface area contributed by atoms with Gasteiger partial charge in [0.2, 0.25) is 0 Å². The van der Waals surface area contributed by atoms with Crippen LogP contribution in [0.1, 0.15) is 5.56 Å². The van der Waals surface area contributed by atoms with E-state index >= 15 is 0 Å². The fraction of sp³-hybridized carbons (Fsp3) is 0.111. The molecule has 5 nitrogen and oxygen atoms in total. The third-order valence-corrected chi connectivity index (χ3v) is 1.63. The summed E-state index contributed by atoms with van der Waals surface area (Å²) >= 11 is 0. The molecule has 0 spiro atoms. The van der Waals surface area contributed by atoms with Gasteiger partial charge in [-0.1, -0.05) is 35.4 Å². The minimum atomic E-state index is 0.379. The van der Waals surface area contributed by atoms with E-state index < -0.39 is 0 Å². The number of rotatable bonds is 3. The molecular formula is C9H8N4O. The second-order valence-electron chi connectivity index (χ2n) is 2.64. The normalized spacial score (nSPS) is 9.71. The highest BCUT2D eigenvalue weighted by atomic mass is 16.5. The van der Waals surface area contributed by atoms with Crippen LogP contribution in [0.4, 0.5) is 0 Å². The molecule has 0 unspecified atom stereocenters. The van der Waals surface area contributed by atoms with Gasteiger partial charge in [0, 0.05) is 0 Å². The molecule has 0 aliphatic carbocycles. The molecule has 70 valence electrons. The average Bonchev–Trinajstić information content (AvgIpc) is 2.29. The van der Waals surface area contributed by atoms with Crippen LogP contribution in [0.5, 0.6) is 5.88 Å². The molecule has 0 N–H and O–H groups in total. The first kappa shape index (κ1) is 8.55. The molecule has 0 saturated carbocycles. The van der Waals surface area contributed by atoms with Crippen LogP contribution in [0.2, 0.25) is 0 Å². The number of hydrogen-bond donors (Lipinski definition) is 0. The van der Waals surface area contributed by atoms with E-state index in [1.165, 1.54) is 6.20 Å². The maximum Gasteiger partial charge on any atom is 0.256 e. The van der Waals surface area contributed by atoms with E-state index in [-0.39, 0.29) is 0 Å². The molecule has 0 radical (unpaired) electrons. The fourth-order valence-corrected chi connectivity index (χ4v) is 0.986. The summed E-state index contributed by atoms with van der Waals surface area (Å²) in [5.41, 5.74) is 1.08. The molecule has 2 aromatic rings. The molecule has 1 aromatic carbocycles. The van der Waals surface area contributed by atoms with Crippen molar-refractivity contribution in [2.75, 3.05) is 0 Å². The summed E-state index contributed by atoms with van der Waals surface area (Å²) in [5.74, 6) is 0.379. The van der Waals surface area contributed by atoms with Crippen molar-refractivity contribution in [1.82, 2.24) is 20.6 Å². The van der Waals surface area contributed by atoms with Crippen LogP contribution in [0.15, 0.2) is 36.5 Å². The molecule has 0 amide bonds. The second-order valence-corrected chi connectivity index (χ2v) is 2.64. The first-order valence-corrected chi connectivity index (χ1v) is 4.13. The lowest BCUT2D eigenvalue weighted by molar-refractivity contribution is 0.285. The van der Waals surface area contributed by atoms with Gasteiger partial charge in [0.05, 0.1) is 0 Å². The molecule has 1 aromatic heterocycles. The van der Waals surface area contributed by atoms with Gasteiger partial charge in [-0.3, -0.25) is 0 Å². The quantitative estimate of drug-likeness (QED) is 0.714. The lowest BCUT2D eigenvalue weighted by atomic mass is 10.2. The Labute approximate surface area is 80.8 Å². The van der Waals surface area contributed by atoms with Crippen molar-refractivity contribution in [3.8, 4) is 5.88 Å². The Morgan fingerprint density at radius 3 is 2.64 bits per heavy atom. The molecule has 0 fully saturated rings. The summed E-state index contributed by atoms with van der Waals surface area (Å²) in [6.07, 6.45) is 1.43. The van der Waals surface area contributed by atoms with Crippen LogP contribution < -0.4 is 4.74 Å². The van der Waals surface area contributed by atoms with Crippen LogP contribution in [-0.2, 0) is 6.61 Å². The molecule has 5 heteroatoms. The third kappa shape index (κ3) is 2.22. The van der Waals surface area contributed by atoms with Crippen molar-refractivity contribution in [3.63, 3.8) is 0 Å². The smallest absolute Gasteiger partial charge is 0.256 e. The number of hydrogen-bond acceptors (Lipinski definition) is 5. The van der Waals surface area contributed by atoms with Crippen molar-refractivity contribution in [1.29, 1.82) is 0 Å². The van der Waals surface area contributed by atoms with Gasteiger partial charge in [-0.05, 0) is 16.0 Å². The predicted octanol–water partition coefficient (Wildman–Crippen LogP) is 0.846. The van der Waals surface area contributed by atoms with Gasteiger partial charge in [-0.25, -0.2) is 0 Å². The summed E-state index contributed by atoms with van der Waals surface area (Å²) in [6.45, 7) is 0.460. The van der Waals surface area contributed by atoms with Crippen molar-refractivity contribution < 1.29 is 4.74 Å². The summed E-state index contributed by atoms with van der Waals surface area (Å²) in [5, 5.41) is 13.9. The second kappa shape index (κ2) is 4.27. The zero-order valence-electron chi connectivity index (χ0n) is 7.37. The lowest BCUT2D eigenvalue weighted by Gasteiger charge is -2.02. The first-order valence-electron chi connectivity index (χ1n) is 4.13. The maximum absolute atomic E-state index is 5.32. The van der Waals surface area contributed by atoms with Gasteiger partial charge in [-0.2, -0.15) is 0 Å². The Bertz CT molecular complexity index is 339. The van der Waals surface area contributed by atoms with Crippen molar-refractivity contribution >= 4 is 0 Å². The van der Waals surface area contributed by atoms with Gasteiger partial charge >= 0.3 is 0 Å². The van der Waals surface area contributed by atoms with E-state index in [0.717, 1.165) is 5.56 Å². The molecule has 0 bridgehead atoms. The van der Waals surface area contributed by atoms with Crippen LogP contribution >= 0.6 is 0 Å². The van der Waals surface area contributed by atoms with E-state index in [0.29, 0.717) is 12.5 Å². The van der Waals surface area contributed by atoms with E-state index in [1.54, 1.807) is 0 Å². The van der Waals surface area contributed by atoms with Crippen LogP contribution in [0.25, 0.3) is 0 Å². The highest BCUT2D eigenvalue weighted by Crippen LogP contribution is 2.04. The van der Waals surface area contributed by atoms with E-state index in [4.69, 9.17) is 4.74 Å². The molecule has 14 heavy (non-hydrogen) atoms. The molecule has 0 aliphatic rings. The maximum atomic E-state index is 5.32.